The highest BCUT2D eigenvalue weighted by Crippen LogP contribution is 2.27. The first-order chi connectivity index (χ1) is 11.0. The number of rotatable bonds is 4. The van der Waals surface area contributed by atoms with E-state index in [4.69, 9.17) is 0 Å². The molecule has 1 aliphatic carbocycles. The summed E-state index contributed by atoms with van der Waals surface area (Å²) in [6, 6.07) is 6.46. The molecule has 3 rings (SSSR count). The minimum Gasteiger partial charge on any atom is -0.352 e. The van der Waals surface area contributed by atoms with Crippen molar-refractivity contribution in [1.82, 2.24) is 9.62 Å². The quantitative estimate of drug-likeness (QED) is 0.917. The predicted octanol–water partition coefficient (Wildman–Crippen LogP) is 2.21. The monoisotopic (exact) mass is 336 g/mol. The van der Waals surface area contributed by atoms with E-state index in [1.54, 1.807) is 24.3 Å². The zero-order valence-corrected chi connectivity index (χ0v) is 14.3. The van der Waals surface area contributed by atoms with Gasteiger partial charge in [0.25, 0.3) is 0 Å². The van der Waals surface area contributed by atoms with Crippen LogP contribution in [0, 0.1) is 6.92 Å². The molecule has 0 radical (unpaired) electrons. The van der Waals surface area contributed by atoms with Gasteiger partial charge in [-0.15, -0.1) is 0 Å². The van der Waals surface area contributed by atoms with Gasteiger partial charge in [0.05, 0.1) is 4.90 Å². The Morgan fingerprint density at radius 1 is 1.09 bits per heavy atom. The second kappa shape index (κ2) is 6.61. The standard InChI is InChI=1S/C17H24N2O3S/c1-13-8-10-15(11-9-13)23(21,22)19-12-4-7-16(19)17(20)18-14-5-2-3-6-14/h8-11,14,16H,2-7,12H2,1H3,(H,18,20)/t16-/m1/s1. The summed E-state index contributed by atoms with van der Waals surface area (Å²) in [4.78, 5) is 12.8. The maximum absolute atomic E-state index is 12.8. The molecule has 5 nitrogen and oxygen atoms in total. The van der Waals surface area contributed by atoms with Crippen LogP contribution in [0.4, 0.5) is 0 Å². The molecule has 2 fully saturated rings. The first-order valence-corrected chi connectivity index (χ1v) is 9.81. The van der Waals surface area contributed by atoms with Crippen LogP contribution in [0.1, 0.15) is 44.1 Å². The second-order valence-electron chi connectivity index (χ2n) is 6.58. The molecular formula is C17H24N2O3S. The van der Waals surface area contributed by atoms with E-state index in [0.29, 0.717) is 13.0 Å². The fraction of sp³-hybridized carbons (Fsp3) is 0.588. The van der Waals surface area contributed by atoms with Gasteiger partial charge in [0.15, 0.2) is 0 Å². The number of nitrogens with zero attached hydrogens (tertiary/aromatic N) is 1. The molecule has 0 unspecified atom stereocenters. The number of nitrogens with one attached hydrogen (secondary N) is 1. The molecule has 6 heteroatoms. The van der Waals surface area contributed by atoms with Crippen LogP contribution >= 0.6 is 0 Å². The van der Waals surface area contributed by atoms with E-state index < -0.39 is 16.1 Å². The SMILES string of the molecule is Cc1ccc(S(=O)(=O)N2CCC[C@@H]2C(=O)NC2CCCC2)cc1. The van der Waals surface area contributed by atoms with Gasteiger partial charge in [-0.2, -0.15) is 4.31 Å². The zero-order chi connectivity index (χ0) is 16.4. The number of hydrogen-bond donors (Lipinski definition) is 1. The van der Waals surface area contributed by atoms with Crippen molar-refractivity contribution in [2.45, 2.75) is 62.4 Å². The molecule has 126 valence electrons. The van der Waals surface area contributed by atoms with E-state index in [-0.39, 0.29) is 16.8 Å². The van der Waals surface area contributed by atoms with Crippen molar-refractivity contribution >= 4 is 15.9 Å². The second-order valence-corrected chi connectivity index (χ2v) is 8.47. The van der Waals surface area contributed by atoms with Crippen molar-refractivity contribution in [2.24, 2.45) is 0 Å². The van der Waals surface area contributed by atoms with Crippen LogP contribution in [-0.4, -0.2) is 37.3 Å². The molecule has 0 bridgehead atoms. The number of sulfonamides is 1. The smallest absolute Gasteiger partial charge is 0.243 e. The minimum atomic E-state index is -3.61. The Balaban J connectivity index is 1.77. The van der Waals surface area contributed by atoms with Crippen LogP contribution < -0.4 is 5.32 Å². The van der Waals surface area contributed by atoms with Gasteiger partial charge in [0.2, 0.25) is 15.9 Å². The Hall–Kier alpha value is -1.40. The van der Waals surface area contributed by atoms with Gasteiger partial charge >= 0.3 is 0 Å². The van der Waals surface area contributed by atoms with E-state index in [0.717, 1.165) is 37.7 Å². The number of aryl methyl sites for hydroxylation is 1. The average molecular weight is 336 g/mol. The van der Waals surface area contributed by atoms with Gasteiger partial charge < -0.3 is 5.32 Å². The van der Waals surface area contributed by atoms with Crippen LogP contribution in [-0.2, 0) is 14.8 Å². The number of amides is 1. The highest BCUT2D eigenvalue weighted by molar-refractivity contribution is 7.89. The van der Waals surface area contributed by atoms with Gasteiger partial charge in [-0.3, -0.25) is 4.79 Å². The van der Waals surface area contributed by atoms with Crippen LogP contribution in [0.2, 0.25) is 0 Å². The summed E-state index contributed by atoms with van der Waals surface area (Å²) in [6.45, 7) is 2.34. The molecule has 1 aromatic carbocycles. The van der Waals surface area contributed by atoms with Crippen LogP contribution in [0.3, 0.4) is 0 Å². The summed E-state index contributed by atoms with van der Waals surface area (Å²) < 4.78 is 27.1. The normalized spacial score (nSPS) is 23.3. The number of carbonyl (C=O) groups excluding carboxylic acids is 1. The summed E-state index contributed by atoms with van der Waals surface area (Å²) in [7, 11) is -3.61. The van der Waals surface area contributed by atoms with Gasteiger partial charge in [-0.05, 0) is 44.7 Å². The maximum Gasteiger partial charge on any atom is 0.243 e. The first kappa shape index (κ1) is 16.5. The lowest BCUT2D eigenvalue weighted by Crippen LogP contribution is -2.48. The van der Waals surface area contributed by atoms with E-state index in [2.05, 4.69) is 5.32 Å². The van der Waals surface area contributed by atoms with Crippen molar-refractivity contribution in [2.75, 3.05) is 6.54 Å². The lowest BCUT2D eigenvalue weighted by molar-refractivity contribution is -0.124. The van der Waals surface area contributed by atoms with Crippen LogP contribution in [0.15, 0.2) is 29.2 Å². The van der Waals surface area contributed by atoms with Gasteiger partial charge in [0.1, 0.15) is 6.04 Å². The lowest BCUT2D eigenvalue weighted by atomic mass is 10.2. The third-order valence-electron chi connectivity index (χ3n) is 4.84. The van der Waals surface area contributed by atoms with Gasteiger partial charge in [0, 0.05) is 12.6 Å². The van der Waals surface area contributed by atoms with Gasteiger partial charge in [-0.25, -0.2) is 8.42 Å². The van der Waals surface area contributed by atoms with Crippen molar-refractivity contribution in [3.05, 3.63) is 29.8 Å². The molecule has 0 aromatic heterocycles. The Morgan fingerprint density at radius 3 is 2.39 bits per heavy atom. The summed E-state index contributed by atoms with van der Waals surface area (Å²) in [5.41, 5.74) is 1.01. The fourth-order valence-corrected chi connectivity index (χ4v) is 5.16. The van der Waals surface area contributed by atoms with Gasteiger partial charge in [-0.1, -0.05) is 30.5 Å². The topological polar surface area (TPSA) is 66.5 Å². The minimum absolute atomic E-state index is 0.134. The van der Waals surface area contributed by atoms with E-state index in [1.165, 1.54) is 4.31 Å². The Bertz CT molecular complexity index is 664. The Labute approximate surface area is 138 Å². The third-order valence-corrected chi connectivity index (χ3v) is 6.76. The van der Waals surface area contributed by atoms with E-state index in [1.807, 2.05) is 6.92 Å². The molecule has 0 spiro atoms. The number of carbonyl (C=O) groups is 1. The largest absolute Gasteiger partial charge is 0.352 e. The molecule has 1 aromatic rings. The molecule has 1 aliphatic heterocycles. The molecule has 2 aliphatic rings. The van der Waals surface area contributed by atoms with Crippen molar-refractivity contribution in [3.63, 3.8) is 0 Å². The van der Waals surface area contributed by atoms with E-state index >= 15 is 0 Å². The molecule has 23 heavy (non-hydrogen) atoms. The Kier molecular flexibility index (Phi) is 4.73. The summed E-state index contributed by atoms with van der Waals surface area (Å²) in [5.74, 6) is -0.134. The summed E-state index contributed by atoms with van der Waals surface area (Å²) in [6.07, 6.45) is 5.62. The molecule has 1 saturated carbocycles. The lowest BCUT2D eigenvalue weighted by Gasteiger charge is -2.25. The average Bonchev–Trinajstić information content (AvgIpc) is 3.19. The highest BCUT2D eigenvalue weighted by Gasteiger charge is 2.40. The third kappa shape index (κ3) is 3.43. The molecule has 1 heterocycles. The summed E-state index contributed by atoms with van der Waals surface area (Å²) >= 11 is 0. The summed E-state index contributed by atoms with van der Waals surface area (Å²) in [5, 5.41) is 3.04. The van der Waals surface area contributed by atoms with Crippen LogP contribution in [0.25, 0.3) is 0 Å². The highest BCUT2D eigenvalue weighted by atomic mass is 32.2. The Morgan fingerprint density at radius 2 is 1.74 bits per heavy atom. The van der Waals surface area contributed by atoms with Crippen molar-refractivity contribution in [1.29, 1.82) is 0 Å². The molecular weight excluding hydrogens is 312 g/mol. The first-order valence-electron chi connectivity index (χ1n) is 8.37. The predicted molar refractivity (Wildman–Crippen MR) is 88.5 cm³/mol. The molecule has 1 atom stereocenters. The van der Waals surface area contributed by atoms with Crippen LogP contribution in [0.5, 0.6) is 0 Å². The fourth-order valence-electron chi connectivity index (χ4n) is 3.50. The van der Waals surface area contributed by atoms with Crippen molar-refractivity contribution in [3.8, 4) is 0 Å². The number of benzene rings is 1. The molecule has 1 N–H and O–H groups in total. The van der Waals surface area contributed by atoms with E-state index in [9.17, 15) is 13.2 Å². The zero-order valence-electron chi connectivity index (χ0n) is 13.5. The maximum atomic E-state index is 12.8. The van der Waals surface area contributed by atoms with Crippen molar-refractivity contribution < 1.29 is 13.2 Å². The number of hydrogen-bond acceptors (Lipinski definition) is 3. The molecule has 1 saturated heterocycles. The molecule has 1 amide bonds.